The smallest absolute Gasteiger partial charge is 0.337 e. The lowest BCUT2D eigenvalue weighted by molar-refractivity contribution is -0.143. The van der Waals surface area contributed by atoms with Gasteiger partial charge < -0.3 is 9.47 Å². The first-order valence-corrected chi connectivity index (χ1v) is 5.25. The van der Waals surface area contributed by atoms with Crippen molar-refractivity contribution < 1.29 is 19.1 Å². The van der Waals surface area contributed by atoms with E-state index in [-0.39, 0.29) is 5.97 Å². The molecule has 0 radical (unpaired) electrons. The van der Waals surface area contributed by atoms with Gasteiger partial charge >= 0.3 is 11.9 Å². The van der Waals surface area contributed by atoms with Crippen LogP contribution in [0.25, 0.3) is 0 Å². The second-order valence-corrected chi connectivity index (χ2v) is 4.66. The van der Waals surface area contributed by atoms with E-state index in [1.807, 2.05) is 0 Å². The number of benzene rings is 1. The van der Waals surface area contributed by atoms with Crippen molar-refractivity contribution in [2.45, 2.75) is 20.8 Å². The first kappa shape index (κ1) is 13.2. The number of ether oxygens (including phenoxy) is 2. The maximum atomic E-state index is 11.6. The van der Waals surface area contributed by atoms with Crippen LogP contribution in [0.4, 0.5) is 0 Å². The maximum Gasteiger partial charge on any atom is 0.337 e. The summed E-state index contributed by atoms with van der Waals surface area (Å²) in [5.74, 6) is -0.467. The molecule has 0 atom stereocenters. The standard InChI is InChI=1S/C13H16O4/c1-13(2,3)12(15)17-10-7-5-6-9(8-10)11(14)16-4/h5-8H,1-4H3. The minimum atomic E-state index is -0.582. The van der Waals surface area contributed by atoms with Gasteiger partial charge in [0, 0.05) is 0 Å². The normalized spacial score (nSPS) is 10.8. The summed E-state index contributed by atoms with van der Waals surface area (Å²) in [7, 11) is 1.30. The Morgan fingerprint density at radius 3 is 2.35 bits per heavy atom. The molecule has 1 aromatic carbocycles. The molecule has 0 amide bonds. The van der Waals surface area contributed by atoms with E-state index in [0.717, 1.165) is 0 Å². The highest BCUT2D eigenvalue weighted by Gasteiger charge is 2.23. The zero-order valence-electron chi connectivity index (χ0n) is 10.4. The fraction of sp³-hybridized carbons (Fsp3) is 0.385. The van der Waals surface area contributed by atoms with Crippen LogP contribution in [0.15, 0.2) is 24.3 Å². The number of methoxy groups -OCH3 is 1. The van der Waals surface area contributed by atoms with Crippen LogP contribution >= 0.6 is 0 Å². The summed E-state index contributed by atoms with van der Waals surface area (Å²) in [4.78, 5) is 22.9. The van der Waals surface area contributed by atoms with Crippen molar-refractivity contribution in [3.05, 3.63) is 29.8 Å². The van der Waals surface area contributed by atoms with Crippen LogP contribution in [0, 0.1) is 5.41 Å². The van der Waals surface area contributed by atoms with Crippen molar-refractivity contribution in [1.29, 1.82) is 0 Å². The molecule has 17 heavy (non-hydrogen) atoms. The van der Waals surface area contributed by atoms with Crippen molar-refractivity contribution in [3.8, 4) is 5.75 Å². The molecule has 0 bridgehead atoms. The average molecular weight is 236 g/mol. The SMILES string of the molecule is COC(=O)c1cccc(OC(=O)C(C)(C)C)c1. The fourth-order valence-electron chi connectivity index (χ4n) is 1.06. The Labute approximate surface area is 101 Å². The molecule has 0 saturated carbocycles. The molecule has 0 aliphatic rings. The van der Waals surface area contributed by atoms with Gasteiger partial charge in [0.05, 0.1) is 18.1 Å². The van der Waals surface area contributed by atoms with Gasteiger partial charge in [-0.2, -0.15) is 0 Å². The van der Waals surface area contributed by atoms with Gasteiger partial charge in [-0.25, -0.2) is 4.79 Å². The van der Waals surface area contributed by atoms with Gasteiger partial charge in [-0.15, -0.1) is 0 Å². The number of rotatable bonds is 2. The summed E-state index contributed by atoms with van der Waals surface area (Å²) in [6.45, 7) is 5.29. The molecule has 0 N–H and O–H groups in total. The first-order chi connectivity index (χ1) is 7.84. The third-order valence-corrected chi connectivity index (χ3v) is 2.08. The molecule has 0 aliphatic carbocycles. The zero-order chi connectivity index (χ0) is 13.1. The van der Waals surface area contributed by atoms with E-state index in [1.54, 1.807) is 39.0 Å². The lowest BCUT2D eigenvalue weighted by atomic mass is 9.97. The van der Waals surface area contributed by atoms with Gasteiger partial charge in [0.2, 0.25) is 0 Å². The monoisotopic (exact) mass is 236 g/mol. The Morgan fingerprint density at radius 1 is 1.18 bits per heavy atom. The molecule has 0 heterocycles. The molecule has 0 aliphatic heterocycles. The summed E-state index contributed by atoms with van der Waals surface area (Å²) in [5, 5.41) is 0. The van der Waals surface area contributed by atoms with E-state index < -0.39 is 11.4 Å². The topological polar surface area (TPSA) is 52.6 Å². The first-order valence-electron chi connectivity index (χ1n) is 5.25. The Kier molecular flexibility index (Phi) is 3.89. The number of hydrogen-bond acceptors (Lipinski definition) is 4. The van der Waals surface area contributed by atoms with Crippen molar-refractivity contribution in [1.82, 2.24) is 0 Å². The van der Waals surface area contributed by atoms with Crippen molar-refractivity contribution in [3.63, 3.8) is 0 Å². The van der Waals surface area contributed by atoms with Crippen molar-refractivity contribution in [2.75, 3.05) is 7.11 Å². The predicted molar refractivity (Wildman–Crippen MR) is 62.9 cm³/mol. The van der Waals surface area contributed by atoms with E-state index in [9.17, 15) is 9.59 Å². The highest BCUT2D eigenvalue weighted by atomic mass is 16.5. The molecular formula is C13H16O4. The number of carbonyl (C=O) groups excluding carboxylic acids is 2. The molecule has 0 unspecified atom stereocenters. The molecule has 0 fully saturated rings. The zero-order valence-corrected chi connectivity index (χ0v) is 10.4. The minimum Gasteiger partial charge on any atom is -0.465 e. The Hall–Kier alpha value is -1.84. The van der Waals surface area contributed by atoms with Crippen LogP contribution in [0.2, 0.25) is 0 Å². The van der Waals surface area contributed by atoms with E-state index >= 15 is 0 Å². The summed E-state index contributed by atoms with van der Waals surface area (Å²) in [6.07, 6.45) is 0. The minimum absolute atomic E-state index is 0.341. The van der Waals surface area contributed by atoms with Gasteiger partial charge in [0.15, 0.2) is 0 Å². The van der Waals surface area contributed by atoms with Crippen molar-refractivity contribution >= 4 is 11.9 Å². The summed E-state index contributed by atoms with van der Waals surface area (Å²) in [5.41, 5.74) is -0.229. The maximum absolute atomic E-state index is 11.6. The summed E-state index contributed by atoms with van der Waals surface area (Å²) >= 11 is 0. The quantitative estimate of drug-likeness (QED) is 0.584. The number of carbonyl (C=O) groups is 2. The predicted octanol–water partition coefficient (Wildman–Crippen LogP) is 2.42. The van der Waals surface area contributed by atoms with Crippen LogP contribution in [0.5, 0.6) is 5.75 Å². The molecule has 1 aromatic rings. The highest BCUT2D eigenvalue weighted by molar-refractivity contribution is 5.90. The Morgan fingerprint density at radius 2 is 1.82 bits per heavy atom. The lowest BCUT2D eigenvalue weighted by Gasteiger charge is -2.16. The molecule has 0 aromatic heterocycles. The Balaban J connectivity index is 2.87. The summed E-state index contributed by atoms with van der Waals surface area (Å²) < 4.78 is 9.75. The van der Waals surface area contributed by atoms with Gasteiger partial charge in [-0.3, -0.25) is 4.79 Å². The van der Waals surface area contributed by atoms with Crippen LogP contribution < -0.4 is 4.74 Å². The largest absolute Gasteiger partial charge is 0.465 e. The third-order valence-electron chi connectivity index (χ3n) is 2.08. The van der Waals surface area contributed by atoms with E-state index in [1.165, 1.54) is 13.2 Å². The molecule has 92 valence electrons. The van der Waals surface area contributed by atoms with Gasteiger partial charge in [0.1, 0.15) is 5.75 Å². The molecule has 0 saturated heterocycles. The summed E-state index contributed by atoms with van der Waals surface area (Å²) in [6, 6.07) is 6.34. The van der Waals surface area contributed by atoms with Crippen LogP contribution in [-0.4, -0.2) is 19.0 Å². The second-order valence-electron chi connectivity index (χ2n) is 4.66. The van der Waals surface area contributed by atoms with E-state index in [2.05, 4.69) is 4.74 Å². The molecule has 4 nitrogen and oxygen atoms in total. The van der Waals surface area contributed by atoms with Crippen LogP contribution in [-0.2, 0) is 9.53 Å². The third kappa shape index (κ3) is 3.59. The van der Waals surface area contributed by atoms with Gasteiger partial charge in [-0.1, -0.05) is 6.07 Å². The molecule has 4 heteroatoms. The lowest BCUT2D eigenvalue weighted by Crippen LogP contribution is -2.25. The molecule has 1 rings (SSSR count). The molecular weight excluding hydrogens is 220 g/mol. The van der Waals surface area contributed by atoms with Crippen LogP contribution in [0.1, 0.15) is 31.1 Å². The number of hydrogen-bond donors (Lipinski definition) is 0. The highest BCUT2D eigenvalue weighted by Crippen LogP contribution is 2.20. The van der Waals surface area contributed by atoms with Crippen molar-refractivity contribution in [2.24, 2.45) is 5.41 Å². The second kappa shape index (κ2) is 4.99. The average Bonchev–Trinajstić information content (AvgIpc) is 2.27. The van der Waals surface area contributed by atoms with Crippen LogP contribution in [0.3, 0.4) is 0 Å². The van der Waals surface area contributed by atoms with E-state index in [0.29, 0.717) is 11.3 Å². The van der Waals surface area contributed by atoms with Gasteiger partial charge in [-0.05, 0) is 39.0 Å². The van der Waals surface area contributed by atoms with Gasteiger partial charge in [0.25, 0.3) is 0 Å². The van der Waals surface area contributed by atoms with E-state index in [4.69, 9.17) is 4.74 Å². The molecule has 0 spiro atoms. The Bertz CT molecular complexity index is 429. The number of esters is 2. The fourth-order valence-corrected chi connectivity index (χ4v) is 1.06.